The topological polar surface area (TPSA) is 150 Å². The normalized spacial score (nSPS) is 16.0. The minimum atomic E-state index is -0.639. The van der Waals surface area contributed by atoms with Gasteiger partial charge in [0.15, 0.2) is 0 Å². The fraction of sp³-hybridized carbons (Fsp3) is 0.271. The van der Waals surface area contributed by atoms with Crippen molar-refractivity contribution in [3.8, 4) is 0 Å². The van der Waals surface area contributed by atoms with Crippen LogP contribution in [0.1, 0.15) is 310 Å². The maximum atomic E-state index is 16.2. The number of anilines is 2. The van der Waals surface area contributed by atoms with Gasteiger partial charge in [-0.15, -0.1) is 0 Å². The van der Waals surface area contributed by atoms with E-state index >= 15 is 38.4 Å². The maximum absolute atomic E-state index is 16.2. The lowest BCUT2D eigenvalue weighted by Crippen LogP contribution is -2.47. The first-order valence-electron chi connectivity index (χ1n) is 48.3. The predicted octanol–water partition coefficient (Wildman–Crippen LogP) is 29.5. The number of carbonyl (C=O) groups is 8. The highest BCUT2D eigenvalue weighted by Gasteiger charge is 2.50. The summed E-state index contributed by atoms with van der Waals surface area (Å²) in [5.74, 6) is -3.61. The molecule has 638 valence electrons. The fourth-order valence-electron chi connectivity index (χ4n) is 25.9. The van der Waals surface area contributed by atoms with Crippen LogP contribution in [0.3, 0.4) is 0 Å². The van der Waals surface area contributed by atoms with Crippen molar-refractivity contribution in [1.29, 1.82) is 0 Å². The van der Waals surface area contributed by atoms with Gasteiger partial charge in [-0.25, -0.2) is 9.80 Å². The van der Waals surface area contributed by atoms with E-state index < -0.39 is 35.5 Å². The number of imide groups is 4. The second-order valence-electron chi connectivity index (χ2n) is 38.5. The van der Waals surface area contributed by atoms with Gasteiger partial charge in [-0.2, -0.15) is 0 Å². The summed E-state index contributed by atoms with van der Waals surface area (Å²) in [6.07, 6.45) is 25.5. The van der Waals surface area contributed by atoms with Crippen LogP contribution in [0.5, 0.6) is 0 Å². The molecule has 0 atom stereocenters. The Morgan fingerprint density at radius 1 is 0.200 bits per heavy atom. The summed E-state index contributed by atoms with van der Waals surface area (Å²) < 4.78 is 0. The second-order valence-corrected chi connectivity index (χ2v) is 38.5. The van der Waals surface area contributed by atoms with E-state index in [-0.39, 0.29) is 35.7 Å². The summed E-state index contributed by atoms with van der Waals surface area (Å²) in [6.45, 7) is 8.89. The smallest absolute Gasteiger partial charge is 0.265 e. The molecule has 12 nitrogen and oxygen atoms in total. The molecule has 0 saturated heterocycles. The molecule has 26 rings (SSSR count). The second kappa shape index (κ2) is 30.0. The van der Waals surface area contributed by atoms with Crippen molar-refractivity contribution in [2.24, 2.45) is 0 Å². The maximum Gasteiger partial charge on any atom is 0.265 e. The zero-order valence-corrected chi connectivity index (χ0v) is 74.0. The minimum absolute atomic E-state index is 0.166. The van der Waals surface area contributed by atoms with Crippen LogP contribution in [0.4, 0.5) is 11.4 Å². The lowest BCUT2D eigenvalue weighted by atomic mass is 9.60. The SMILES string of the molecule is CCCCCCCC(CCCCCCC)N1C(=O)c2ccc3c4ccc5c6ccc7c8c(ccc(c9ccc(c%10ccc(c2c3%10)C1=O)c4c59)c86)C(=O)N(c1cccc2c1C1c3ccccc3C2c2cccc(N3C(=O)c4ccc5c6ccc8c9ccc%10c%11c(ccc(c%12ccc(c%13ccc(c4c5%13)C3=O)c6c8%12)c%119)C(=O)N(C(CCCCCCC)CCCCCCC)C%10=O)c21)C7=O. The first-order valence-corrected chi connectivity index (χ1v) is 48.3. The third-order valence-corrected chi connectivity index (χ3v) is 31.6. The Morgan fingerprint density at radius 3 is 0.638 bits per heavy atom. The number of rotatable bonds is 28. The van der Waals surface area contributed by atoms with E-state index in [2.05, 4.69) is 149 Å². The van der Waals surface area contributed by atoms with Crippen molar-refractivity contribution in [3.63, 3.8) is 0 Å². The summed E-state index contributed by atoms with van der Waals surface area (Å²) in [4.78, 5) is 132. The van der Waals surface area contributed by atoms with Crippen molar-refractivity contribution in [1.82, 2.24) is 9.80 Å². The molecule has 130 heavy (non-hydrogen) atoms. The van der Waals surface area contributed by atoms with E-state index in [4.69, 9.17) is 0 Å². The molecule has 3 aliphatic carbocycles. The van der Waals surface area contributed by atoms with Crippen LogP contribution in [-0.4, -0.2) is 69.1 Å². The standard InChI is InChI=1S/C118H98N4O8/c1-5-9-13-17-21-29-63(30-22-18-14-10-6-2)119-111(123)85-55-47-75-67-39-43-71-79-51-59-89-106-90(60-52-80(102(79)106)72-44-40-68(96(67)98(71)72)76-48-56-86(112(119)124)104(85)100(75)76)116(128)121(115(89)127)93-37-27-35-83-95-65-33-25-26-34-66(65)110(108(83)93)109-84(95)36-28-38-94(109)122-117(129)91-61-53-81-73-45-41-69-77-49-57-87-105-88(114(126)120(113(87)125)64(31-23-19-15-11-7-3)32-24-20-16-12-8-4)58-50-78(101(77)105)70-42-46-74(99(73)97(69)70)82-54-62-92(118(122)130)107(91)103(81)82/h25-28,33-64,95,110H,5-24,29-32H2,1-4H3. The molecular weight excluding hydrogens is 1600 g/mol. The van der Waals surface area contributed by atoms with E-state index in [9.17, 15) is 0 Å². The van der Waals surface area contributed by atoms with Gasteiger partial charge in [0.05, 0.1) is 11.4 Å². The van der Waals surface area contributed by atoms with E-state index in [1.54, 1.807) is 9.80 Å². The molecule has 0 fully saturated rings. The number of fused-ring (bicyclic) bond motifs is 8. The zero-order chi connectivity index (χ0) is 87.7. The molecule has 0 radical (unpaired) electrons. The summed E-state index contributed by atoms with van der Waals surface area (Å²) >= 11 is 0. The molecule has 8 amide bonds. The van der Waals surface area contributed by atoms with Gasteiger partial charge >= 0.3 is 0 Å². The molecule has 12 heteroatoms. The number of nitrogens with zero attached hydrogens (tertiary/aromatic N) is 4. The molecule has 7 aliphatic rings. The van der Waals surface area contributed by atoms with Gasteiger partial charge < -0.3 is 0 Å². The number of unbranched alkanes of at least 4 members (excludes halogenated alkanes) is 16. The van der Waals surface area contributed by atoms with Crippen LogP contribution in [0, 0.1) is 0 Å². The van der Waals surface area contributed by atoms with E-state index in [0.717, 1.165) is 302 Å². The molecule has 4 heterocycles. The Balaban J connectivity index is 0.558. The number of hydrogen-bond donors (Lipinski definition) is 0. The molecule has 0 unspecified atom stereocenters. The highest BCUT2D eigenvalue weighted by molar-refractivity contribution is 6.50. The van der Waals surface area contributed by atoms with Gasteiger partial charge in [-0.1, -0.05) is 302 Å². The first-order chi connectivity index (χ1) is 63.8. The number of benzene rings is 19. The quantitative estimate of drug-likeness (QED) is 0.0204. The van der Waals surface area contributed by atoms with Crippen molar-refractivity contribution in [2.45, 2.75) is 206 Å². The third-order valence-electron chi connectivity index (χ3n) is 31.6. The molecule has 19 aromatic rings. The van der Waals surface area contributed by atoms with Gasteiger partial charge in [0.2, 0.25) is 0 Å². The summed E-state index contributed by atoms with van der Waals surface area (Å²) in [6, 6.07) is 69.3. The first kappa shape index (κ1) is 78.7. The summed E-state index contributed by atoms with van der Waals surface area (Å²) in [7, 11) is 0. The van der Waals surface area contributed by atoms with Crippen LogP contribution in [0.2, 0.25) is 0 Å². The van der Waals surface area contributed by atoms with Gasteiger partial charge in [0.25, 0.3) is 47.3 Å². The van der Waals surface area contributed by atoms with Crippen LogP contribution >= 0.6 is 0 Å². The van der Waals surface area contributed by atoms with Gasteiger partial charge in [-0.05, 0) is 249 Å². The molecule has 4 aliphatic heterocycles. The highest BCUT2D eigenvalue weighted by atomic mass is 16.2. The van der Waals surface area contributed by atoms with E-state index in [1.165, 1.54) is 35.5 Å². The molecule has 0 N–H and O–H groups in total. The van der Waals surface area contributed by atoms with Crippen LogP contribution in [0.25, 0.3) is 151 Å². The number of amides is 8. The Morgan fingerprint density at radius 2 is 0.400 bits per heavy atom. The molecule has 0 spiro atoms. The zero-order valence-electron chi connectivity index (χ0n) is 74.0. The number of carbonyl (C=O) groups excluding carboxylic acids is 8. The predicted molar refractivity (Wildman–Crippen MR) is 528 cm³/mol. The van der Waals surface area contributed by atoms with Crippen molar-refractivity contribution in [3.05, 3.63) is 284 Å². The minimum Gasteiger partial charge on any atom is -0.271 e. The van der Waals surface area contributed by atoms with Gasteiger partial charge in [-0.3, -0.25) is 48.2 Å². The van der Waals surface area contributed by atoms with E-state index in [1.807, 2.05) is 84.9 Å². The summed E-state index contributed by atoms with van der Waals surface area (Å²) in [5.41, 5.74) is 10.3. The average molecular weight is 1700 g/mol. The largest absolute Gasteiger partial charge is 0.271 e. The molecule has 19 aromatic carbocycles. The van der Waals surface area contributed by atoms with E-state index in [0.29, 0.717) is 66.7 Å². The third kappa shape index (κ3) is 10.8. The highest BCUT2D eigenvalue weighted by Crippen LogP contribution is 2.62. The molecule has 2 bridgehead atoms. The Hall–Kier alpha value is -13.6. The van der Waals surface area contributed by atoms with Gasteiger partial charge in [0, 0.05) is 90.0 Å². The van der Waals surface area contributed by atoms with Crippen LogP contribution in [-0.2, 0) is 0 Å². The van der Waals surface area contributed by atoms with Crippen molar-refractivity contribution in [2.75, 3.05) is 9.80 Å². The lowest BCUT2D eigenvalue weighted by molar-refractivity contribution is 0.0501. The monoisotopic (exact) mass is 1700 g/mol. The molecule has 0 saturated carbocycles. The van der Waals surface area contributed by atoms with Gasteiger partial charge in [0.1, 0.15) is 0 Å². The molecule has 0 aromatic heterocycles. The van der Waals surface area contributed by atoms with Crippen LogP contribution in [0.15, 0.2) is 206 Å². The van der Waals surface area contributed by atoms with Crippen molar-refractivity contribution < 1.29 is 38.4 Å². The average Bonchev–Trinajstić information content (AvgIpc) is 0.667. The number of hydrogen-bond acceptors (Lipinski definition) is 8. The molecular formula is C118H98N4O8. The Bertz CT molecular complexity index is 7430. The Labute approximate surface area is 752 Å². The van der Waals surface area contributed by atoms with Crippen LogP contribution < -0.4 is 9.80 Å². The Kier molecular flexibility index (Phi) is 18.2. The summed E-state index contributed by atoms with van der Waals surface area (Å²) in [5, 5.41) is 26.1. The lowest BCUT2D eigenvalue weighted by Gasteiger charge is -2.45. The van der Waals surface area contributed by atoms with Crippen molar-refractivity contribution >= 4 is 209 Å². The fourth-order valence-corrected chi connectivity index (χ4v) is 25.9.